The van der Waals surface area contributed by atoms with E-state index in [9.17, 15) is 8.78 Å². The van der Waals surface area contributed by atoms with E-state index in [1.165, 1.54) is 29.8 Å². The number of aryl methyl sites for hydroxylation is 1. The zero-order valence-electron chi connectivity index (χ0n) is 13.6. The van der Waals surface area contributed by atoms with Crippen molar-refractivity contribution in [3.63, 3.8) is 0 Å². The molecule has 0 radical (unpaired) electrons. The number of guanidine groups is 1. The van der Waals surface area contributed by atoms with E-state index in [1.54, 1.807) is 0 Å². The number of hydrogen-bond donors (Lipinski definition) is 2. The van der Waals surface area contributed by atoms with Gasteiger partial charge in [-0.3, -0.25) is 0 Å². The lowest BCUT2D eigenvalue weighted by atomic mass is 9.90. The van der Waals surface area contributed by atoms with Gasteiger partial charge in [0.25, 0.3) is 6.43 Å². The molecule has 0 fully saturated rings. The molecule has 8 heteroatoms. The van der Waals surface area contributed by atoms with E-state index in [4.69, 9.17) is 5.73 Å². The molecule has 0 saturated carbocycles. The smallest absolute Gasteiger partial charge is 0.280 e. The van der Waals surface area contributed by atoms with Crippen molar-refractivity contribution in [1.29, 1.82) is 0 Å². The number of alkyl halides is 2. The van der Waals surface area contributed by atoms with Crippen LogP contribution in [0.3, 0.4) is 0 Å². The van der Waals surface area contributed by atoms with Gasteiger partial charge in [-0.2, -0.15) is 0 Å². The minimum absolute atomic E-state index is 0. The van der Waals surface area contributed by atoms with Gasteiger partial charge in [-0.1, -0.05) is 12.1 Å². The average Bonchev–Trinajstić information content (AvgIpc) is 2.60. The fourth-order valence-corrected chi connectivity index (χ4v) is 2.84. The summed E-state index contributed by atoms with van der Waals surface area (Å²) in [5, 5.41) is 3.10. The molecule has 1 aliphatic carbocycles. The first-order valence-electron chi connectivity index (χ1n) is 7.91. The minimum Gasteiger partial charge on any atom is -0.370 e. The number of rotatable bonds is 4. The molecule has 5 nitrogen and oxygen atoms in total. The Bertz CT molecular complexity index is 752. The van der Waals surface area contributed by atoms with Gasteiger partial charge < -0.3 is 11.1 Å². The Morgan fingerprint density at radius 3 is 2.84 bits per heavy atom. The molecule has 0 spiro atoms. The third-order valence-corrected chi connectivity index (χ3v) is 4.00. The number of nitrogens with one attached hydrogen (secondary N) is 1. The van der Waals surface area contributed by atoms with Crippen LogP contribution in [0.2, 0.25) is 0 Å². The van der Waals surface area contributed by atoms with Crippen LogP contribution in [0.5, 0.6) is 0 Å². The van der Waals surface area contributed by atoms with Crippen molar-refractivity contribution in [2.24, 2.45) is 10.7 Å². The van der Waals surface area contributed by atoms with Crippen LogP contribution in [0.1, 0.15) is 41.9 Å². The van der Waals surface area contributed by atoms with Crippen molar-refractivity contribution in [3.05, 3.63) is 53.1 Å². The normalized spacial score (nSPS) is 14.0. The lowest BCUT2D eigenvalue weighted by Gasteiger charge is -2.19. The standard InChI is InChI=1S/C17H19F2N5.HI/c18-16(19)14-8-9-21-15(23-14)10-22-17(20)24-13-7-3-5-11-4-1-2-6-12(11)13;/h3,5,7-9,16H,1-2,4,6,10H2,(H3,20,22,24);1H. The summed E-state index contributed by atoms with van der Waals surface area (Å²) in [4.78, 5) is 11.9. The maximum Gasteiger partial charge on any atom is 0.280 e. The van der Waals surface area contributed by atoms with E-state index in [1.807, 2.05) is 12.1 Å². The van der Waals surface area contributed by atoms with Crippen LogP contribution in [-0.4, -0.2) is 15.9 Å². The van der Waals surface area contributed by atoms with Gasteiger partial charge in [0.05, 0.1) is 0 Å². The molecule has 0 aliphatic heterocycles. The molecule has 1 aliphatic rings. The molecule has 3 N–H and O–H groups in total. The number of halogens is 3. The van der Waals surface area contributed by atoms with Crippen molar-refractivity contribution in [1.82, 2.24) is 9.97 Å². The molecule has 0 atom stereocenters. The summed E-state index contributed by atoms with van der Waals surface area (Å²) in [6.45, 7) is 0.0500. The Morgan fingerprint density at radius 2 is 2.04 bits per heavy atom. The molecule has 2 aromatic rings. The van der Waals surface area contributed by atoms with E-state index in [2.05, 4.69) is 26.3 Å². The van der Waals surface area contributed by atoms with Crippen LogP contribution in [0.15, 0.2) is 35.5 Å². The lowest BCUT2D eigenvalue weighted by Crippen LogP contribution is -2.24. The number of aliphatic imine (C=N–C) groups is 1. The Balaban J connectivity index is 0.00000225. The first-order valence-corrected chi connectivity index (χ1v) is 7.91. The van der Waals surface area contributed by atoms with E-state index < -0.39 is 6.43 Å². The summed E-state index contributed by atoms with van der Waals surface area (Å²) < 4.78 is 25.3. The van der Waals surface area contributed by atoms with Crippen LogP contribution in [0.25, 0.3) is 0 Å². The SMILES string of the molecule is I.NC(=NCc1nccc(C(F)F)n1)Nc1cccc2c1CCCC2. The summed E-state index contributed by atoms with van der Waals surface area (Å²) >= 11 is 0. The van der Waals surface area contributed by atoms with E-state index in [0.29, 0.717) is 0 Å². The maximum atomic E-state index is 12.6. The van der Waals surface area contributed by atoms with E-state index in [0.717, 1.165) is 24.9 Å². The molecule has 1 heterocycles. The second kappa shape index (κ2) is 9.02. The topological polar surface area (TPSA) is 76.2 Å². The molecule has 1 aromatic heterocycles. The summed E-state index contributed by atoms with van der Waals surface area (Å²) in [5.74, 6) is 0.438. The van der Waals surface area contributed by atoms with Gasteiger partial charge >= 0.3 is 0 Å². The summed E-state index contributed by atoms with van der Waals surface area (Å²) in [7, 11) is 0. The van der Waals surface area contributed by atoms with Crippen LogP contribution >= 0.6 is 24.0 Å². The molecule has 0 amide bonds. The lowest BCUT2D eigenvalue weighted by molar-refractivity contribution is 0.145. The predicted octanol–water partition coefficient (Wildman–Crippen LogP) is 3.84. The highest BCUT2D eigenvalue weighted by Crippen LogP contribution is 2.27. The van der Waals surface area contributed by atoms with Gasteiger partial charge in [-0.05, 0) is 48.9 Å². The highest BCUT2D eigenvalue weighted by atomic mass is 127. The molecule has 134 valence electrons. The van der Waals surface area contributed by atoms with Crippen LogP contribution < -0.4 is 11.1 Å². The number of benzene rings is 1. The fraction of sp³-hybridized carbons (Fsp3) is 0.353. The van der Waals surface area contributed by atoms with Gasteiger partial charge in [-0.15, -0.1) is 24.0 Å². The quantitative estimate of drug-likeness (QED) is 0.414. The fourth-order valence-electron chi connectivity index (χ4n) is 2.84. The van der Waals surface area contributed by atoms with Gasteiger partial charge in [0, 0.05) is 11.9 Å². The van der Waals surface area contributed by atoms with E-state index >= 15 is 0 Å². The third kappa shape index (κ3) is 5.07. The predicted molar refractivity (Wildman–Crippen MR) is 104 cm³/mol. The monoisotopic (exact) mass is 459 g/mol. The molecular formula is C17H20F2IN5. The van der Waals surface area contributed by atoms with Gasteiger partial charge in [0.15, 0.2) is 5.96 Å². The molecule has 0 saturated heterocycles. The Kier molecular flexibility index (Phi) is 7.03. The average molecular weight is 459 g/mol. The van der Waals surface area contributed by atoms with Crippen molar-refractivity contribution in [2.75, 3.05) is 5.32 Å². The molecule has 1 aromatic carbocycles. The minimum atomic E-state index is -2.62. The Hall–Kier alpha value is -1.84. The number of anilines is 1. The molecule has 25 heavy (non-hydrogen) atoms. The number of nitrogens with zero attached hydrogens (tertiary/aromatic N) is 3. The van der Waals surface area contributed by atoms with Crippen LogP contribution in [0.4, 0.5) is 14.5 Å². The third-order valence-electron chi connectivity index (χ3n) is 4.00. The Morgan fingerprint density at radius 1 is 1.24 bits per heavy atom. The Labute approximate surface area is 162 Å². The summed E-state index contributed by atoms with van der Waals surface area (Å²) in [6.07, 6.45) is 3.15. The first kappa shape index (κ1) is 19.5. The number of hydrogen-bond acceptors (Lipinski definition) is 3. The number of aromatic nitrogens is 2. The zero-order valence-corrected chi connectivity index (χ0v) is 15.9. The largest absolute Gasteiger partial charge is 0.370 e. The van der Waals surface area contributed by atoms with Gasteiger partial charge in [-0.25, -0.2) is 23.7 Å². The van der Waals surface area contributed by atoms with Crippen molar-refractivity contribution < 1.29 is 8.78 Å². The second-order valence-corrected chi connectivity index (χ2v) is 5.68. The van der Waals surface area contributed by atoms with Crippen LogP contribution in [0, 0.1) is 0 Å². The molecule has 0 bridgehead atoms. The van der Waals surface area contributed by atoms with Crippen molar-refractivity contribution >= 4 is 35.6 Å². The molecular weight excluding hydrogens is 439 g/mol. The number of fused-ring (bicyclic) bond motifs is 1. The van der Waals surface area contributed by atoms with Crippen LogP contribution in [-0.2, 0) is 19.4 Å². The highest BCUT2D eigenvalue weighted by molar-refractivity contribution is 14.0. The van der Waals surface area contributed by atoms with Gasteiger partial charge in [0.1, 0.15) is 18.1 Å². The van der Waals surface area contributed by atoms with Gasteiger partial charge in [0.2, 0.25) is 0 Å². The molecule has 0 unspecified atom stereocenters. The highest BCUT2D eigenvalue weighted by Gasteiger charge is 2.13. The summed E-state index contributed by atoms with van der Waals surface area (Å²) in [6, 6.07) is 7.29. The second-order valence-electron chi connectivity index (χ2n) is 5.68. The van der Waals surface area contributed by atoms with Crippen molar-refractivity contribution in [2.45, 2.75) is 38.7 Å². The maximum absolute atomic E-state index is 12.6. The molecule has 3 rings (SSSR count). The zero-order chi connectivity index (χ0) is 16.9. The van der Waals surface area contributed by atoms with Crippen molar-refractivity contribution in [3.8, 4) is 0 Å². The number of nitrogens with two attached hydrogens (primary N) is 1. The first-order chi connectivity index (χ1) is 11.6. The van der Waals surface area contributed by atoms with E-state index in [-0.39, 0.29) is 48.0 Å². The summed E-state index contributed by atoms with van der Waals surface area (Å²) in [5.41, 5.74) is 9.18.